The van der Waals surface area contributed by atoms with Crippen LogP contribution in [0, 0.1) is 0 Å². The van der Waals surface area contributed by atoms with Crippen molar-refractivity contribution in [3.63, 3.8) is 0 Å². The zero-order chi connectivity index (χ0) is 29.0. The van der Waals surface area contributed by atoms with Gasteiger partial charge in [-0.1, -0.05) is 54.6 Å². The van der Waals surface area contributed by atoms with Gasteiger partial charge in [0.15, 0.2) is 12.4 Å². The van der Waals surface area contributed by atoms with Gasteiger partial charge in [0.05, 0.1) is 24.7 Å². The molecule has 1 N–H and O–H groups in total. The Bertz CT molecular complexity index is 1630. The second-order valence-corrected chi connectivity index (χ2v) is 9.42. The topological polar surface area (TPSA) is 99.8 Å². The van der Waals surface area contributed by atoms with E-state index in [1.807, 2.05) is 48.5 Å². The van der Waals surface area contributed by atoms with Crippen LogP contribution in [0.3, 0.4) is 0 Å². The Hall–Kier alpha value is -5.50. The minimum atomic E-state index is -0.463. The van der Waals surface area contributed by atoms with E-state index < -0.39 is 12.0 Å². The number of carbonyl (C=O) groups excluding carboxylic acids is 1. The van der Waals surface area contributed by atoms with E-state index in [1.165, 1.54) is 22.9 Å². The largest absolute Gasteiger partial charge is 0.846 e. The Morgan fingerprint density at radius 2 is 1.71 bits per heavy atom. The summed E-state index contributed by atoms with van der Waals surface area (Å²) in [6.07, 6.45) is 7.36. The van der Waals surface area contributed by atoms with Crippen molar-refractivity contribution in [1.82, 2.24) is 4.98 Å². The van der Waals surface area contributed by atoms with E-state index in [9.17, 15) is 9.90 Å². The Balaban J connectivity index is 1.09. The predicted octanol–water partition coefficient (Wildman–Crippen LogP) is 4.80. The van der Waals surface area contributed by atoms with Gasteiger partial charge >= 0.3 is 5.97 Å². The maximum atomic E-state index is 12.4. The number of pyridine rings is 2. The molecule has 5 rings (SSSR count). The highest BCUT2D eigenvalue weighted by Crippen LogP contribution is 2.24. The lowest BCUT2D eigenvalue weighted by molar-refractivity contribution is -0.727. The second-order valence-electron chi connectivity index (χ2n) is 9.42. The van der Waals surface area contributed by atoms with E-state index >= 15 is 0 Å². The number of aromatic nitrogens is 2. The van der Waals surface area contributed by atoms with Crippen LogP contribution >= 0.6 is 0 Å². The van der Waals surface area contributed by atoms with Crippen LogP contribution in [0.25, 0.3) is 11.1 Å². The number of benzene rings is 3. The lowest BCUT2D eigenvalue weighted by Crippen LogP contribution is -2.36. The van der Waals surface area contributed by atoms with E-state index in [2.05, 4.69) is 39.6 Å². The quantitative estimate of drug-likeness (QED) is 0.108. The van der Waals surface area contributed by atoms with Crippen LogP contribution in [0.4, 0.5) is 5.69 Å². The molecule has 0 radical (unpaired) electrons. The van der Waals surface area contributed by atoms with Gasteiger partial charge in [-0.2, -0.15) is 4.57 Å². The Morgan fingerprint density at radius 1 is 0.905 bits per heavy atom. The molecule has 0 aliphatic carbocycles. The van der Waals surface area contributed by atoms with Crippen LogP contribution in [0.2, 0.25) is 0 Å². The fourth-order valence-electron chi connectivity index (χ4n) is 4.33. The van der Waals surface area contributed by atoms with Gasteiger partial charge in [-0.3, -0.25) is 9.98 Å². The molecule has 42 heavy (non-hydrogen) atoms. The Morgan fingerprint density at radius 3 is 2.52 bits per heavy atom. The number of ether oxygens (including phenoxy) is 2. The molecule has 0 aliphatic rings. The number of esters is 1. The number of rotatable bonds is 11. The lowest BCUT2D eigenvalue weighted by Gasteiger charge is -2.14. The lowest BCUT2D eigenvalue weighted by atomic mass is 9.98. The van der Waals surface area contributed by atoms with Gasteiger partial charge in [0.2, 0.25) is 0 Å². The number of amidine groups is 1. The standard InChI is InChI=1S/C34H30N4O4/c39-33(29-12-6-19-35-23-29)42-25-38-20-7-8-26(24-38)22-36-34(40)37-30-14-16-31(17-15-30)41-21-18-28-11-4-5-13-32(28)27-9-2-1-3-10-27/h1-17,19-20,23-24H,18,21-22,25H2,(H-,36,37,40). The highest BCUT2D eigenvalue weighted by atomic mass is 16.5. The van der Waals surface area contributed by atoms with Gasteiger partial charge in [0.1, 0.15) is 5.75 Å². The van der Waals surface area contributed by atoms with Crippen molar-refractivity contribution < 1.29 is 23.9 Å². The highest BCUT2D eigenvalue weighted by molar-refractivity contribution is 5.88. The van der Waals surface area contributed by atoms with Crippen molar-refractivity contribution in [2.75, 3.05) is 11.9 Å². The summed E-state index contributed by atoms with van der Waals surface area (Å²) >= 11 is 0. The molecule has 0 unspecified atom stereocenters. The first kappa shape index (κ1) is 28.0. The van der Waals surface area contributed by atoms with Crippen LogP contribution in [-0.4, -0.2) is 23.6 Å². The van der Waals surface area contributed by atoms with Crippen LogP contribution in [-0.2, 0) is 24.4 Å². The molecule has 0 saturated carbocycles. The van der Waals surface area contributed by atoms with Crippen molar-refractivity contribution in [2.24, 2.45) is 4.99 Å². The molecule has 3 aromatic carbocycles. The van der Waals surface area contributed by atoms with E-state index in [4.69, 9.17) is 9.47 Å². The zero-order valence-corrected chi connectivity index (χ0v) is 22.9. The summed E-state index contributed by atoms with van der Waals surface area (Å²) in [6, 6.07) is 32.4. The van der Waals surface area contributed by atoms with Crippen LogP contribution in [0.5, 0.6) is 5.75 Å². The first-order valence-electron chi connectivity index (χ1n) is 13.5. The molecule has 0 amide bonds. The van der Waals surface area contributed by atoms with Crippen molar-refractivity contribution in [2.45, 2.75) is 19.7 Å². The Kier molecular flexibility index (Phi) is 9.50. The third-order valence-corrected chi connectivity index (χ3v) is 6.41. The summed E-state index contributed by atoms with van der Waals surface area (Å²) in [6.45, 7) is 0.737. The third kappa shape index (κ3) is 8.02. The molecule has 5 aromatic rings. The van der Waals surface area contributed by atoms with Crippen LogP contribution in [0.1, 0.15) is 21.5 Å². The highest BCUT2D eigenvalue weighted by Gasteiger charge is 2.10. The Labute approximate surface area is 244 Å². The molecule has 0 saturated heterocycles. The van der Waals surface area contributed by atoms with Gasteiger partial charge in [0.25, 0.3) is 6.73 Å². The number of carbonyl (C=O) groups is 1. The number of hydrogen-bond donors (Lipinski definition) is 1. The van der Waals surface area contributed by atoms with Gasteiger partial charge in [-0.15, -0.1) is 0 Å². The average Bonchev–Trinajstić information content (AvgIpc) is 3.05. The maximum absolute atomic E-state index is 12.4. The van der Waals surface area contributed by atoms with E-state index in [-0.39, 0.29) is 13.3 Å². The number of anilines is 1. The monoisotopic (exact) mass is 558 g/mol. The maximum Gasteiger partial charge on any atom is 0.344 e. The molecule has 2 heterocycles. The minimum absolute atomic E-state index is 0.0295. The average molecular weight is 559 g/mol. The molecule has 0 bridgehead atoms. The first-order chi connectivity index (χ1) is 20.6. The summed E-state index contributed by atoms with van der Waals surface area (Å²) in [7, 11) is 0. The summed E-state index contributed by atoms with van der Waals surface area (Å²) in [4.78, 5) is 20.2. The molecule has 8 nitrogen and oxygen atoms in total. The van der Waals surface area contributed by atoms with Crippen molar-refractivity contribution in [3.8, 4) is 16.9 Å². The predicted molar refractivity (Wildman–Crippen MR) is 159 cm³/mol. The van der Waals surface area contributed by atoms with Crippen molar-refractivity contribution in [3.05, 3.63) is 145 Å². The molecule has 2 aromatic heterocycles. The number of aliphatic imine (C=N–C) groups is 1. The molecule has 0 aliphatic heterocycles. The molecular weight excluding hydrogens is 528 g/mol. The normalized spacial score (nSPS) is 11.1. The fraction of sp³-hybridized carbons (Fsp3) is 0.118. The molecule has 0 fully saturated rings. The van der Waals surface area contributed by atoms with Gasteiger partial charge in [-0.25, -0.2) is 4.79 Å². The number of nitrogens with zero attached hydrogens (tertiary/aromatic N) is 3. The third-order valence-electron chi connectivity index (χ3n) is 6.41. The fourth-order valence-corrected chi connectivity index (χ4v) is 4.33. The van der Waals surface area contributed by atoms with Gasteiger partial charge < -0.3 is 19.9 Å². The van der Waals surface area contributed by atoms with E-state index in [1.54, 1.807) is 53.5 Å². The molecule has 0 atom stereocenters. The number of nitrogens with one attached hydrogen (secondary N) is 1. The van der Waals surface area contributed by atoms with Crippen molar-refractivity contribution >= 4 is 17.7 Å². The number of hydrogen-bond acceptors (Lipinski definition) is 6. The van der Waals surface area contributed by atoms with Gasteiger partial charge in [0, 0.05) is 36.1 Å². The summed E-state index contributed by atoms with van der Waals surface area (Å²) in [5.41, 5.74) is 5.41. The van der Waals surface area contributed by atoms with Crippen LogP contribution in [0.15, 0.2) is 133 Å². The van der Waals surface area contributed by atoms with E-state index in [0.717, 1.165) is 17.7 Å². The van der Waals surface area contributed by atoms with Crippen molar-refractivity contribution in [1.29, 1.82) is 0 Å². The molecule has 8 heteroatoms. The minimum Gasteiger partial charge on any atom is -0.846 e. The summed E-state index contributed by atoms with van der Waals surface area (Å²) in [5.74, 6) is 0.259. The summed E-state index contributed by atoms with van der Waals surface area (Å²) in [5, 5.41) is 15.2. The van der Waals surface area contributed by atoms with Gasteiger partial charge in [-0.05, 0) is 59.2 Å². The molecular formula is C34H30N4O4. The first-order valence-corrected chi connectivity index (χ1v) is 13.5. The smallest absolute Gasteiger partial charge is 0.344 e. The zero-order valence-electron chi connectivity index (χ0n) is 22.9. The molecule has 0 spiro atoms. The van der Waals surface area contributed by atoms with E-state index in [0.29, 0.717) is 17.9 Å². The second kappa shape index (κ2) is 14.2. The molecule has 210 valence electrons. The summed E-state index contributed by atoms with van der Waals surface area (Å²) < 4.78 is 13.0. The SMILES string of the molecule is O=C(OC[n+]1cccc(CN=C([O-])Nc2ccc(OCCc3ccccc3-c3ccccc3)cc2)c1)c1cccnc1. The van der Waals surface area contributed by atoms with Crippen LogP contribution < -0.4 is 19.7 Å².